The van der Waals surface area contributed by atoms with Crippen LogP contribution in [-0.4, -0.2) is 52.0 Å². The molecule has 10 heteroatoms. The van der Waals surface area contributed by atoms with Crippen LogP contribution >= 0.6 is 11.3 Å². The zero-order valence-electron chi connectivity index (χ0n) is 18.8. The zero-order valence-corrected chi connectivity index (χ0v) is 19.6. The molecule has 0 aliphatic carbocycles. The number of rotatable bonds is 8. The largest absolute Gasteiger partial charge is 0.476 e. The number of amides is 2. The lowest BCUT2D eigenvalue weighted by atomic mass is 10.1. The molecule has 0 radical (unpaired) electrons. The van der Waals surface area contributed by atoms with Crippen molar-refractivity contribution in [3.63, 3.8) is 0 Å². The normalized spacial score (nSPS) is 12.8. The number of anilines is 1. The van der Waals surface area contributed by atoms with Gasteiger partial charge in [0.25, 0.3) is 0 Å². The summed E-state index contributed by atoms with van der Waals surface area (Å²) in [6, 6.07) is -0.426. The van der Waals surface area contributed by atoms with Crippen molar-refractivity contribution in [3.8, 4) is 0 Å². The first kappa shape index (κ1) is 25.7. The van der Waals surface area contributed by atoms with E-state index in [2.05, 4.69) is 10.3 Å². The maximum absolute atomic E-state index is 12.8. The minimum Gasteiger partial charge on any atom is -0.476 e. The maximum atomic E-state index is 12.8. The highest BCUT2D eigenvalue weighted by molar-refractivity contribution is 7.14. The van der Waals surface area contributed by atoms with Gasteiger partial charge in [0, 0.05) is 5.38 Å². The third kappa shape index (κ3) is 9.43. The van der Waals surface area contributed by atoms with E-state index in [9.17, 15) is 14.4 Å². The van der Waals surface area contributed by atoms with Crippen molar-refractivity contribution in [2.75, 3.05) is 11.4 Å². The molecule has 0 aliphatic heterocycles. The van der Waals surface area contributed by atoms with Crippen molar-refractivity contribution >= 4 is 34.6 Å². The van der Waals surface area contributed by atoms with Gasteiger partial charge >= 0.3 is 18.2 Å². The van der Waals surface area contributed by atoms with Gasteiger partial charge in [0.05, 0.1) is 12.6 Å². The smallest absolute Gasteiger partial charge is 0.416 e. The molecule has 1 unspecified atom stereocenters. The van der Waals surface area contributed by atoms with Crippen molar-refractivity contribution in [1.82, 2.24) is 10.3 Å². The Morgan fingerprint density at radius 2 is 1.77 bits per heavy atom. The predicted octanol–water partition coefficient (Wildman–Crippen LogP) is 4.67. The third-order valence-electron chi connectivity index (χ3n) is 3.59. The van der Waals surface area contributed by atoms with E-state index >= 15 is 0 Å². The molecule has 30 heavy (non-hydrogen) atoms. The summed E-state index contributed by atoms with van der Waals surface area (Å²) in [5.74, 6) is -1.18. The second kappa shape index (κ2) is 10.6. The van der Waals surface area contributed by atoms with Crippen LogP contribution < -0.4 is 10.2 Å². The Kier molecular flexibility index (Phi) is 9.08. The number of nitrogens with zero attached hydrogens (tertiary/aromatic N) is 2. The summed E-state index contributed by atoms with van der Waals surface area (Å²) in [6.45, 7) is 12.6. The molecule has 2 amide bonds. The first-order valence-electron chi connectivity index (χ1n) is 9.90. The van der Waals surface area contributed by atoms with Crippen molar-refractivity contribution < 1.29 is 29.0 Å². The molecule has 1 heterocycles. The number of carboxylic acids is 1. The third-order valence-corrected chi connectivity index (χ3v) is 4.45. The molecule has 0 saturated heterocycles. The molecule has 0 fully saturated rings. The van der Waals surface area contributed by atoms with Gasteiger partial charge in [-0.05, 0) is 48.0 Å². The lowest BCUT2D eigenvalue weighted by Crippen LogP contribution is -2.48. The molecule has 9 nitrogen and oxygen atoms in total. The number of ether oxygens (including phenoxy) is 2. The second-order valence-corrected chi connectivity index (χ2v) is 9.73. The van der Waals surface area contributed by atoms with Crippen LogP contribution in [0.3, 0.4) is 0 Å². The van der Waals surface area contributed by atoms with Crippen molar-refractivity contribution in [1.29, 1.82) is 0 Å². The number of thiazole rings is 1. The first-order chi connectivity index (χ1) is 13.7. The summed E-state index contributed by atoms with van der Waals surface area (Å²) >= 11 is 1.02. The number of alkyl carbamates (subject to hydrolysis) is 1. The summed E-state index contributed by atoms with van der Waals surface area (Å²) in [7, 11) is 0. The van der Waals surface area contributed by atoms with E-state index in [0.29, 0.717) is 6.42 Å². The molecule has 1 rings (SSSR count). The Bertz CT molecular complexity index is 736. The van der Waals surface area contributed by atoms with E-state index in [4.69, 9.17) is 14.6 Å². The number of hydrogen-bond acceptors (Lipinski definition) is 7. The van der Waals surface area contributed by atoms with Gasteiger partial charge < -0.3 is 19.9 Å². The Morgan fingerprint density at radius 3 is 2.23 bits per heavy atom. The molecule has 0 aliphatic rings. The lowest BCUT2D eigenvalue weighted by molar-refractivity contribution is 0.0483. The average Bonchev–Trinajstić information content (AvgIpc) is 3.03. The summed E-state index contributed by atoms with van der Waals surface area (Å²) in [5.41, 5.74) is -1.57. The van der Waals surface area contributed by atoms with Gasteiger partial charge in [-0.3, -0.25) is 4.90 Å². The number of aromatic nitrogens is 1. The highest BCUT2D eigenvalue weighted by atomic mass is 32.1. The van der Waals surface area contributed by atoms with Gasteiger partial charge in [0.15, 0.2) is 10.8 Å². The number of aromatic carboxylic acids is 1. The van der Waals surface area contributed by atoms with E-state index in [1.54, 1.807) is 41.5 Å². The van der Waals surface area contributed by atoms with Crippen LogP contribution in [0, 0.1) is 0 Å². The van der Waals surface area contributed by atoms with Gasteiger partial charge in [-0.2, -0.15) is 0 Å². The number of carbonyl (C=O) groups is 3. The number of carbonyl (C=O) groups excluding carboxylic acids is 2. The maximum Gasteiger partial charge on any atom is 0.416 e. The molecule has 1 atom stereocenters. The molecule has 0 aromatic carbocycles. The SMILES string of the molecule is CCCCC(CN(C(=O)OC(C)(C)C)c1nc(C(=O)O)cs1)NC(=O)OC(C)(C)C. The highest BCUT2D eigenvalue weighted by Crippen LogP contribution is 2.24. The zero-order chi connectivity index (χ0) is 23.1. The Labute approximate surface area is 181 Å². The summed E-state index contributed by atoms with van der Waals surface area (Å²) in [6.07, 6.45) is 1.08. The Hall–Kier alpha value is -2.36. The minimum atomic E-state index is -1.18. The van der Waals surface area contributed by atoms with Crippen LogP contribution in [-0.2, 0) is 9.47 Å². The molecular formula is C20H33N3O6S. The van der Waals surface area contributed by atoms with Crippen molar-refractivity contribution in [2.24, 2.45) is 0 Å². The van der Waals surface area contributed by atoms with Gasteiger partial charge in [-0.25, -0.2) is 19.4 Å². The molecule has 0 saturated carbocycles. The average molecular weight is 444 g/mol. The van der Waals surface area contributed by atoms with Crippen LogP contribution in [0.1, 0.15) is 78.2 Å². The predicted molar refractivity (Wildman–Crippen MR) is 115 cm³/mol. The molecule has 170 valence electrons. The van der Waals surface area contributed by atoms with Crippen LogP contribution in [0.25, 0.3) is 0 Å². The minimum absolute atomic E-state index is 0.0702. The van der Waals surface area contributed by atoms with Gasteiger partial charge in [-0.15, -0.1) is 11.3 Å². The van der Waals surface area contributed by atoms with Crippen molar-refractivity contribution in [3.05, 3.63) is 11.1 Å². The standard InChI is InChI=1S/C20H33N3O6S/c1-8-9-10-13(21-17(26)28-19(2,3)4)11-23(18(27)29-20(5,6)7)16-22-14(12-30-16)15(24)25/h12-13H,8-11H2,1-7H3,(H,21,26)(H,24,25). The van der Waals surface area contributed by atoms with Crippen LogP contribution in [0.15, 0.2) is 5.38 Å². The quantitative estimate of drug-likeness (QED) is 0.599. The molecule has 0 bridgehead atoms. The first-order valence-corrected chi connectivity index (χ1v) is 10.8. The fourth-order valence-electron chi connectivity index (χ4n) is 2.39. The van der Waals surface area contributed by atoms with Gasteiger partial charge in [0.1, 0.15) is 11.2 Å². The molecule has 2 N–H and O–H groups in total. The van der Waals surface area contributed by atoms with E-state index in [-0.39, 0.29) is 17.4 Å². The van der Waals surface area contributed by atoms with E-state index in [0.717, 1.165) is 24.2 Å². The summed E-state index contributed by atoms with van der Waals surface area (Å²) < 4.78 is 10.8. The fourth-order valence-corrected chi connectivity index (χ4v) is 3.19. The highest BCUT2D eigenvalue weighted by Gasteiger charge is 2.30. The van der Waals surface area contributed by atoms with E-state index < -0.39 is 35.4 Å². The van der Waals surface area contributed by atoms with Crippen LogP contribution in [0.4, 0.5) is 14.7 Å². The monoisotopic (exact) mass is 443 g/mol. The number of hydrogen-bond donors (Lipinski definition) is 2. The van der Waals surface area contributed by atoms with Crippen molar-refractivity contribution in [2.45, 2.75) is 85.0 Å². The summed E-state index contributed by atoms with van der Waals surface area (Å²) in [5, 5.41) is 13.5. The topological polar surface area (TPSA) is 118 Å². The van der Waals surface area contributed by atoms with E-state index in [1.807, 2.05) is 6.92 Å². The molecule has 1 aromatic rings. The molecular weight excluding hydrogens is 410 g/mol. The molecule has 0 spiro atoms. The second-order valence-electron chi connectivity index (χ2n) is 8.90. The van der Waals surface area contributed by atoms with Gasteiger partial charge in [0.2, 0.25) is 0 Å². The lowest BCUT2D eigenvalue weighted by Gasteiger charge is -2.30. The van der Waals surface area contributed by atoms with Gasteiger partial charge in [-0.1, -0.05) is 19.8 Å². The van der Waals surface area contributed by atoms with Crippen LogP contribution in [0.2, 0.25) is 0 Å². The van der Waals surface area contributed by atoms with Crippen LogP contribution in [0.5, 0.6) is 0 Å². The Balaban J connectivity index is 3.12. The summed E-state index contributed by atoms with van der Waals surface area (Å²) in [4.78, 5) is 41.6. The number of unbranched alkanes of at least 4 members (excludes halogenated alkanes) is 1. The molecule has 1 aromatic heterocycles. The van der Waals surface area contributed by atoms with E-state index in [1.165, 1.54) is 10.3 Å². The Morgan fingerprint density at radius 1 is 1.17 bits per heavy atom. The fraction of sp³-hybridized carbons (Fsp3) is 0.700. The number of nitrogens with one attached hydrogen (secondary N) is 1. The number of carboxylic acid groups (broad SMARTS) is 1.